The largest absolute Gasteiger partial charge is 0.349 e. The van der Waals surface area contributed by atoms with Crippen LogP contribution in [-0.2, 0) is 0 Å². The fraction of sp³-hybridized carbons (Fsp3) is 0.417. The Morgan fingerprint density at radius 2 is 2.00 bits per heavy atom. The van der Waals surface area contributed by atoms with E-state index in [-0.39, 0.29) is 0 Å². The molecule has 80 valence electrons. The molecule has 0 aromatic heterocycles. The van der Waals surface area contributed by atoms with Gasteiger partial charge in [0.1, 0.15) is 0 Å². The van der Waals surface area contributed by atoms with Crippen LogP contribution in [0.5, 0.6) is 0 Å². The number of rotatable bonds is 2. The third-order valence-electron chi connectivity index (χ3n) is 2.78. The minimum atomic E-state index is -1.21. The molecular weight excluding hydrogens is 200 g/mol. The maximum atomic E-state index is 3.28. The summed E-state index contributed by atoms with van der Waals surface area (Å²) in [6.45, 7) is 10.5. The Balaban J connectivity index is 2.14. The van der Waals surface area contributed by atoms with Crippen molar-refractivity contribution in [2.45, 2.75) is 25.7 Å². The molecule has 1 unspecified atom stereocenters. The predicted octanol–water partition coefficient (Wildman–Crippen LogP) is 2.44. The van der Waals surface area contributed by atoms with E-state index in [0.717, 1.165) is 0 Å². The number of nitrogens with zero attached hydrogens (tertiary/aromatic N) is 2. The van der Waals surface area contributed by atoms with Gasteiger partial charge in [-0.25, -0.2) is 0 Å². The average Bonchev–Trinajstić information content (AvgIpc) is 2.68. The van der Waals surface area contributed by atoms with Gasteiger partial charge in [-0.3, -0.25) is 0 Å². The molecule has 3 heteroatoms. The van der Waals surface area contributed by atoms with Crippen molar-refractivity contribution < 1.29 is 0 Å². The maximum absolute atomic E-state index is 3.28. The highest BCUT2D eigenvalue weighted by Gasteiger charge is 2.32. The van der Waals surface area contributed by atoms with Crippen LogP contribution in [0.2, 0.25) is 19.6 Å². The molecule has 1 atom stereocenters. The molecule has 0 N–H and O–H groups in total. The molecule has 0 amide bonds. The first-order chi connectivity index (χ1) is 6.98. The highest BCUT2D eigenvalue weighted by Crippen LogP contribution is 2.29. The van der Waals surface area contributed by atoms with Crippen LogP contribution in [0.4, 0.5) is 0 Å². The first-order valence-electron chi connectivity index (χ1n) is 5.33. The smallest absolute Gasteiger partial charge is 0.208 e. The van der Waals surface area contributed by atoms with E-state index < -0.39 is 8.07 Å². The van der Waals surface area contributed by atoms with E-state index in [2.05, 4.69) is 55.6 Å². The van der Waals surface area contributed by atoms with Crippen molar-refractivity contribution in [3.63, 3.8) is 0 Å². The molecule has 2 radical (unpaired) electrons. The predicted molar refractivity (Wildman–Crippen MR) is 66.3 cm³/mol. The molecule has 15 heavy (non-hydrogen) atoms. The molecule has 0 saturated heterocycles. The third kappa shape index (κ3) is 2.02. The minimum Gasteiger partial charge on any atom is -0.349 e. The Morgan fingerprint density at radius 3 is 2.53 bits per heavy atom. The molecular formula is C12H18N2Si. The van der Waals surface area contributed by atoms with Crippen LogP contribution in [0.3, 0.4) is 0 Å². The Kier molecular flexibility index (Phi) is 2.50. The Hall–Kier alpha value is -0.963. The standard InChI is InChI=1S/C12H18N2Si/c1-13-8-9-14(10-13)11-6-5-7-12(11)15(2,3)4/h5-9,11H,1-4H3. The van der Waals surface area contributed by atoms with Crippen LogP contribution in [0.15, 0.2) is 35.8 Å². The quantitative estimate of drug-likeness (QED) is 0.657. The summed E-state index contributed by atoms with van der Waals surface area (Å²) in [5.41, 5.74) is 0. The maximum Gasteiger partial charge on any atom is 0.208 e. The summed E-state index contributed by atoms with van der Waals surface area (Å²) in [6.07, 6.45) is 10.8. The third-order valence-corrected chi connectivity index (χ3v) is 4.97. The summed E-state index contributed by atoms with van der Waals surface area (Å²) >= 11 is 0. The van der Waals surface area contributed by atoms with Gasteiger partial charge in [0.15, 0.2) is 0 Å². The highest BCUT2D eigenvalue weighted by molar-refractivity contribution is 6.83. The SMILES string of the molecule is CN1[C]N(C2C=CC=C2[Si](C)(C)C)C=C1. The monoisotopic (exact) mass is 218 g/mol. The molecule has 2 nitrogen and oxygen atoms in total. The van der Waals surface area contributed by atoms with Gasteiger partial charge in [0.2, 0.25) is 6.67 Å². The molecule has 1 aliphatic carbocycles. The van der Waals surface area contributed by atoms with Gasteiger partial charge in [0.25, 0.3) is 0 Å². The molecule has 1 heterocycles. The van der Waals surface area contributed by atoms with Gasteiger partial charge >= 0.3 is 0 Å². The summed E-state index contributed by atoms with van der Waals surface area (Å²) < 4.78 is 0. The van der Waals surface area contributed by atoms with Gasteiger partial charge < -0.3 is 9.80 Å². The van der Waals surface area contributed by atoms with Crippen molar-refractivity contribution in [3.05, 3.63) is 42.5 Å². The van der Waals surface area contributed by atoms with Gasteiger partial charge in [0.05, 0.1) is 14.1 Å². The highest BCUT2D eigenvalue weighted by atomic mass is 28.3. The summed E-state index contributed by atoms with van der Waals surface area (Å²) in [5.74, 6) is 0. The van der Waals surface area contributed by atoms with Crippen molar-refractivity contribution in [2.75, 3.05) is 7.05 Å². The van der Waals surface area contributed by atoms with E-state index in [1.807, 2.05) is 18.1 Å². The first kappa shape index (κ1) is 10.6. The lowest BCUT2D eigenvalue weighted by molar-refractivity contribution is 0.365. The molecule has 0 bridgehead atoms. The van der Waals surface area contributed by atoms with Crippen LogP contribution in [0.25, 0.3) is 0 Å². The zero-order valence-corrected chi connectivity index (χ0v) is 10.9. The van der Waals surface area contributed by atoms with E-state index in [4.69, 9.17) is 0 Å². The van der Waals surface area contributed by atoms with Gasteiger partial charge in [-0.15, -0.1) is 0 Å². The summed E-state index contributed by atoms with van der Waals surface area (Å²) in [5, 5.41) is 1.58. The molecule has 2 rings (SSSR count). The van der Waals surface area contributed by atoms with Crippen LogP contribution in [0.1, 0.15) is 0 Å². The molecule has 1 aliphatic heterocycles. The lowest BCUT2D eigenvalue weighted by Gasteiger charge is -2.31. The lowest BCUT2D eigenvalue weighted by Crippen LogP contribution is -2.37. The number of hydrogen-bond acceptors (Lipinski definition) is 2. The second-order valence-corrected chi connectivity index (χ2v) is 10.2. The Morgan fingerprint density at radius 1 is 1.27 bits per heavy atom. The first-order valence-corrected chi connectivity index (χ1v) is 8.83. The Bertz CT molecular complexity index is 336. The van der Waals surface area contributed by atoms with Gasteiger partial charge in [-0.05, 0) is 0 Å². The molecule has 0 fully saturated rings. The van der Waals surface area contributed by atoms with E-state index in [0.29, 0.717) is 6.04 Å². The minimum absolute atomic E-state index is 0.401. The second kappa shape index (κ2) is 3.56. The summed E-state index contributed by atoms with van der Waals surface area (Å²) in [4.78, 5) is 4.13. The fourth-order valence-corrected chi connectivity index (χ4v) is 3.70. The second-order valence-electron chi connectivity index (χ2n) is 5.12. The summed E-state index contributed by atoms with van der Waals surface area (Å²) in [6, 6.07) is 0.401. The van der Waals surface area contributed by atoms with Crippen LogP contribution < -0.4 is 0 Å². The Labute approximate surface area is 93.6 Å². The molecule has 0 aromatic carbocycles. The van der Waals surface area contributed by atoms with Crippen molar-refractivity contribution in [1.29, 1.82) is 0 Å². The van der Waals surface area contributed by atoms with E-state index in [1.165, 1.54) is 0 Å². The number of hydrogen-bond donors (Lipinski definition) is 0. The van der Waals surface area contributed by atoms with Crippen LogP contribution in [-0.4, -0.2) is 31.0 Å². The van der Waals surface area contributed by atoms with Crippen LogP contribution >= 0.6 is 0 Å². The van der Waals surface area contributed by atoms with E-state index in [1.54, 1.807) is 5.20 Å². The fourth-order valence-electron chi connectivity index (χ4n) is 1.98. The zero-order chi connectivity index (χ0) is 11.1. The topological polar surface area (TPSA) is 6.48 Å². The molecule has 0 aromatic rings. The molecule has 2 aliphatic rings. The molecule has 0 spiro atoms. The van der Waals surface area contributed by atoms with Crippen molar-refractivity contribution in [3.8, 4) is 0 Å². The van der Waals surface area contributed by atoms with E-state index >= 15 is 0 Å². The van der Waals surface area contributed by atoms with Gasteiger partial charge in [-0.1, -0.05) is 43.1 Å². The van der Waals surface area contributed by atoms with Crippen molar-refractivity contribution in [2.24, 2.45) is 0 Å². The lowest BCUT2D eigenvalue weighted by atomic mass is 10.3. The van der Waals surface area contributed by atoms with Gasteiger partial charge in [0, 0.05) is 19.4 Å². The normalized spacial score (nSPS) is 25.3. The number of allylic oxidation sites excluding steroid dienone is 2. The zero-order valence-electron chi connectivity index (χ0n) is 9.86. The molecule has 0 saturated carbocycles. The van der Waals surface area contributed by atoms with Gasteiger partial charge in [-0.2, -0.15) is 0 Å². The average molecular weight is 218 g/mol. The summed E-state index contributed by atoms with van der Waals surface area (Å²) in [7, 11) is 0.795. The van der Waals surface area contributed by atoms with Crippen LogP contribution in [0, 0.1) is 6.67 Å². The van der Waals surface area contributed by atoms with E-state index in [9.17, 15) is 0 Å². The van der Waals surface area contributed by atoms with Crippen molar-refractivity contribution in [1.82, 2.24) is 9.80 Å². The van der Waals surface area contributed by atoms with Crippen molar-refractivity contribution >= 4 is 8.07 Å².